The summed E-state index contributed by atoms with van der Waals surface area (Å²) in [6, 6.07) is 0. The van der Waals surface area contributed by atoms with E-state index in [1.165, 1.54) is 13.3 Å². The van der Waals surface area contributed by atoms with Gasteiger partial charge in [-0.3, -0.25) is 9.59 Å². The zero-order valence-electron chi connectivity index (χ0n) is 15.3. The van der Waals surface area contributed by atoms with Crippen molar-refractivity contribution in [1.29, 1.82) is 0 Å². The molecule has 0 N–H and O–H groups in total. The standard InChI is InChI=1S/C21H29ClO3/c1-13(23)25-19(22)21-9-3-4-18(21)16-6-5-14-12-15(24)7-10-20(14,2)17(16)8-11-21/h3,9,14,16-19H,4-8,10-12H2,1-2H3/t14-,16+,17-,18-,19?,20-,21+/m0/s1. The van der Waals surface area contributed by atoms with Crippen molar-refractivity contribution in [3.05, 3.63) is 12.2 Å². The number of ketones is 1. The lowest BCUT2D eigenvalue weighted by Crippen LogP contribution is -2.55. The van der Waals surface area contributed by atoms with Crippen molar-refractivity contribution in [2.24, 2.45) is 34.5 Å². The second-order valence-corrected chi connectivity index (χ2v) is 9.51. The topological polar surface area (TPSA) is 43.4 Å². The molecule has 0 aromatic carbocycles. The van der Waals surface area contributed by atoms with E-state index in [0.717, 1.165) is 44.9 Å². The molecule has 0 spiro atoms. The van der Waals surface area contributed by atoms with E-state index in [9.17, 15) is 9.59 Å². The predicted molar refractivity (Wildman–Crippen MR) is 97.0 cm³/mol. The number of hydrogen-bond donors (Lipinski definition) is 0. The third-order valence-electron chi connectivity index (χ3n) is 8.17. The van der Waals surface area contributed by atoms with E-state index in [1.807, 2.05) is 0 Å². The Kier molecular flexibility index (Phi) is 4.30. The van der Waals surface area contributed by atoms with Crippen molar-refractivity contribution < 1.29 is 14.3 Å². The summed E-state index contributed by atoms with van der Waals surface area (Å²) in [5.74, 6) is 2.52. The fourth-order valence-electron chi connectivity index (χ4n) is 6.89. The molecule has 4 aliphatic rings. The van der Waals surface area contributed by atoms with Crippen LogP contribution >= 0.6 is 11.6 Å². The molecule has 0 heterocycles. The molecule has 0 radical (unpaired) electrons. The van der Waals surface area contributed by atoms with Crippen molar-refractivity contribution in [1.82, 2.24) is 0 Å². The number of allylic oxidation sites excluding steroid dienone is 1. The number of halogens is 1. The summed E-state index contributed by atoms with van der Waals surface area (Å²) in [4.78, 5) is 23.4. The van der Waals surface area contributed by atoms with Crippen LogP contribution in [0.3, 0.4) is 0 Å². The SMILES string of the molecule is CC(=O)OC(Cl)[C@@]12C=CC[C@H]1[C@@H]1CC[C@H]3CC(=O)CC[C@]3(C)[C@H]1CC2. The smallest absolute Gasteiger partial charge is 0.304 e. The van der Waals surface area contributed by atoms with E-state index < -0.39 is 5.56 Å². The van der Waals surface area contributed by atoms with Gasteiger partial charge in [0.2, 0.25) is 0 Å². The molecule has 0 amide bonds. The average Bonchev–Trinajstić information content (AvgIpc) is 3.00. The quantitative estimate of drug-likeness (QED) is 0.398. The van der Waals surface area contributed by atoms with Gasteiger partial charge in [-0.2, -0.15) is 0 Å². The van der Waals surface area contributed by atoms with Crippen molar-refractivity contribution in [2.45, 2.75) is 70.8 Å². The molecule has 138 valence electrons. The Balaban J connectivity index is 1.61. The number of carbonyl (C=O) groups excluding carboxylic acids is 2. The fraction of sp³-hybridized carbons (Fsp3) is 0.810. The molecule has 25 heavy (non-hydrogen) atoms. The molecule has 0 aromatic heterocycles. The van der Waals surface area contributed by atoms with Crippen LogP contribution < -0.4 is 0 Å². The van der Waals surface area contributed by atoms with Crippen molar-refractivity contribution in [3.63, 3.8) is 0 Å². The summed E-state index contributed by atoms with van der Waals surface area (Å²) in [6.45, 7) is 3.89. The number of carbonyl (C=O) groups is 2. The van der Waals surface area contributed by atoms with Gasteiger partial charge >= 0.3 is 5.97 Å². The molecule has 3 saturated carbocycles. The van der Waals surface area contributed by atoms with Crippen LogP contribution in [0.15, 0.2) is 12.2 Å². The van der Waals surface area contributed by atoms with Crippen molar-refractivity contribution in [3.8, 4) is 0 Å². The second-order valence-electron chi connectivity index (χ2n) is 9.11. The van der Waals surface area contributed by atoms with E-state index in [1.54, 1.807) is 0 Å². The first kappa shape index (κ1) is 17.6. The first-order valence-corrected chi connectivity index (χ1v) is 10.3. The highest BCUT2D eigenvalue weighted by atomic mass is 35.5. The van der Waals surface area contributed by atoms with Crippen LogP contribution in [0.1, 0.15) is 65.2 Å². The number of ether oxygens (including phenoxy) is 1. The van der Waals surface area contributed by atoms with Crippen LogP contribution in [0, 0.1) is 34.5 Å². The Morgan fingerprint density at radius 2 is 2.08 bits per heavy atom. The molecule has 0 bridgehead atoms. The maximum absolute atomic E-state index is 12.0. The molecule has 4 aliphatic carbocycles. The van der Waals surface area contributed by atoms with Gasteiger partial charge in [-0.1, -0.05) is 30.7 Å². The maximum Gasteiger partial charge on any atom is 0.304 e. The summed E-state index contributed by atoms with van der Waals surface area (Å²) in [5.41, 5.74) is -0.454. The fourth-order valence-corrected chi connectivity index (χ4v) is 7.36. The highest BCUT2D eigenvalue weighted by molar-refractivity contribution is 6.21. The molecule has 7 atom stereocenters. The average molecular weight is 365 g/mol. The summed E-state index contributed by atoms with van der Waals surface area (Å²) < 4.78 is 5.45. The molecule has 0 saturated heterocycles. The maximum atomic E-state index is 12.0. The molecule has 1 unspecified atom stereocenters. The minimum atomic E-state index is -0.562. The van der Waals surface area contributed by atoms with Crippen LogP contribution in [-0.2, 0) is 14.3 Å². The van der Waals surface area contributed by atoms with Crippen molar-refractivity contribution >= 4 is 23.4 Å². The number of esters is 1. The van der Waals surface area contributed by atoms with Gasteiger partial charge in [-0.05, 0) is 67.6 Å². The van der Waals surface area contributed by atoms with E-state index in [4.69, 9.17) is 16.3 Å². The van der Waals surface area contributed by atoms with Gasteiger partial charge in [0.25, 0.3) is 0 Å². The number of Topliss-reactive ketones (excluding diaryl/α,β-unsaturated/α-hetero) is 1. The molecule has 3 nitrogen and oxygen atoms in total. The minimum Gasteiger partial charge on any atom is -0.445 e. The summed E-state index contributed by atoms with van der Waals surface area (Å²) in [7, 11) is 0. The number of rotatable bonds is 2. The molecule has 4 heteroatoms. The van der Waals surface area contributed by atoms with Crippen molar-refractivity contribution in [2.75, 3.05) is 0 Å². The van der Waals surface area contributed by atoms with Gasteiger partial charge in [0.05, 0.1) is 0 Å². The molecule has 0 aliphatic heterocycles. The summed E-state index contributed by atoms with van der Waals surface area (Å²) in [6.07, 6.45) is 12.6. The van der Waals surface area contributed by atoms with E-state index in [2.05, 4.69) is 19.1 Å². The lowest BCUT2D eigenvalue weighted by molar-refractivity contribution is -0.157. The minimum absolute atomic E-state index is 0.192. The van der Waals surface area contributed by atoms with Gasteiger partial charge in [0, 0.05) is 25.2 Å². The lowest BCUT2D eigenvalue weighted by Gasteiger charge is -2.60. The van der Waals surface area contributed by atoms with Crippen LogP contribution in [0.4, 0.5) is 0 Å². The number of alkyl halides is 1. The Morgan fingerprint density at radius 3 is 2.84 bits per heavy atom. The normalized spacial score (nSPS) is 46.8. The predicted octanol–water partition coefficient (Wildman–Crippen LogP) is 4.87. The van der Waals surface area contributed by atoms with Gasteiger partial charge < -0.3 is 4.74 Å². The Morgan fingerprint density at radius 1 is 1.28 bits per heavy atom. The van der Waals surface area contributed by atoms with Crippen LogP contribution in [-0.4, -0.2) is 17.3 Å². The molecular weight excluding hydrogens is 336 g/mol. The molecule has 0 aromatic rings. The second kappa shape index (κ2) is 6.11. The molecule has 3 fully saturated rings. The van der Waals surface area contributed by atoms with Gasteiger partial charge in [-0.25, -0.2) is 0 Å². The Hall–Kier alpha value is -0.830. The molecule has 4 rings (SSSR count). The number of fused-ring (bicyclic) bond motifs is 5. The first-order valence-electron chi connectivity index (χ1n) is 9.87. The number of hydrogen-bond acceptors (Lipinski definition) is 3. The highest BCUT2D eigenvalue weighted by Gasteiger charge is 2.60. The lowest BCUT2D eigenvalue weighted by atomic mass is 9.45. The third-order valence-corrected chi connectivity index (χ3v) is 8.66. The van der Waals surface area contributed by atoms with Gasteiger partial charge in [-0.15, -0.1) is 0 Å². The van der Waals surface area contributed by atoms with Crippen LogP contribution in [0.25, 0.3) is 0 Å². The Labute approximate surface area is 155 Å². The van der Waals surface area contributed by atoms with Gasteiger partial charge in [0.1, 0.15) is 5.78 Å². The van der Waals surface area contributed by atoms with E-state index >= 15 is 0 Å². The largest absolute Gasteiger partial charge is 0.445 e. The summed E-state index contributed by atoms with van der Waals surface area (Å²) in [5, 5.41) is 0. The van der Waals surface area contributed by atoms with Gasteiger partial charge in [0.15, 0.2) is 5.56 Å². The highest BCUT2D eigenvalue weighted by Crippen LogP contribution is 2.66. The summed E-state index contributed by atoms with van der Waals surface area (Å²) >= 11 is 6.63. The third kappa shape index (κ3) is 2.60. The Bertz CT molecular complexity index is 614. The zero-order valence-corrected chi connectivity index (χ0v) is 16.1. The van der Waals surface area contributed by atoms with E-state index in [-0.39, 0.29) is 11.4 Å². The first-order chi connectivity index (χ1) is 11.9. The zero-order chi connectivity index (χ0) is 17.8. The van der Waals surface area contributed by atoms with Crippen LogP contribution in [0.2, 0.25) is 0 Å². The molecular formula is C21H29ClO3. The van der Waals surface area contributed by atoms with Crippen LogP contribution in [0.5, 0.6) is 0 Å². The van der Waals surface area contributed by atoms with E-state index in [0.29, 0.717) is 34.9 Å². The monoisotopic (exact) mass is 364 g/mol.